The lowest BCUT2D eigenvalue weighted by atomic mass is 9.81. The molecule has 0 bridgehead atoms. The van der Waals surface area contributed by atoms with Crippen LogP contribution in [-0.2, 0) is 4.79 Å². The van der Waals surface area contributed by atoms with Crippen molar-refractivity contribution in [3.63, 3.8) is 0 Å². The van der Waals surface area contributed by atoms with E-state index in [-0.39, 0.29) is 23.7 Å². The summed E-state index contributed by atoms with van der Waals surface area (Å²) < 4.78 is 0. The minimum Gasteiger partial charge on any atom is -0.507 e. The monoisotopic (exact) mass is 299 g/mol. The number of aliphatic carboxylic acids is 1. The van der Waals surface area contributed by atoms with Crippen LogP contribution in [0.2, 0.25) is 0 Å². The molecule has 1 rings (SSSR count). The molecule has 1 aromatic rings. The zero-order valence-corrected chi connectivity index (χ0v) is 11.9. The van der Waals surface area contributed by atoms with Crippen LogP contribution in [0.4, 0.5) is 0 Å². The SMILES string of the molecule is CCC(CC(N)C(=O)O)C(C)c1c(O)cc(O)c(O)c1O. The van der Waals surface area contributed by atoms with Gasteiger partial charge < -0.3 is 31.3 Å². The molecule has 3 unspecified atom stereocenters. The van der Waals surface area contributed by atoms with E-state index in [2.05, 4.69) is 0 Å². The van der Waals surface area contributed by atoms with Gasteiger partial charge in [-0.05, 0) is 18.3 Å². The van der Waals surface area contributed by atoms with Gasteiger partial charge in [0, 0.05) is 11.6 Å². The molecule has 0 aliphatic heterocycles. The van der Waals surface area contributed by atoms with Crippen molar-refractivity contribution in [1.29, 1.82) is 0 Å². The van der Waals surface area contributed by atoms with Crippen molar-refractivity contribution in [2.45, 2.75) is 38.6 Å². The van der Waals surface area contributed by atoms with Crippen LogP contribution in [0.3, 0.4) is 0 Å². The third-order valence-electron chi connectivity index (χ3n) is 3.83. The summed E-state index contributed by atoms with van der Waals surface area (Å²) in [6.45, 7) is 3.53. The van der Waals surface area contributed by atoms with Crippen molar-refractivity contribution in [3.8, 4) is 23.0 Å². The molecule has 0 saturated carbocycles. The van der Waals surface area contributed by atoms with Gasteiger partial charge in [0.25, 0.3) is 0 Å². The fraction of sp³-hybridized carbons (Fsp3) is 0.500. The predicted molar refractivity (Wildman–Crippen MR) is 75.5 cm³/mol. The van der Waals surface area contributed by atoms with E-state index >= 15 is 0 Å². The lowest BCUT2D eigenvalue weighted by Gasteiger charge is -2.26. The van der Waals surface area contributed by atoms with Crippen LogP contribution in [-0.4, -0.2) is 37.5 Å². The van der Waals surface area contributed by atoms with Crippen LogP contribution in [0.5, 0.6) is 23.0 Å². The summed E-state index contributed by atoms with van der Waals surface area (Å²) in [5, 5.41) is 47.5. The molecule has 0 amide bonds. The molecule has 0 spiro atoms. The highest BCUT2D eigenvalue weighted by Crippen LogP contribution is 2.48. The van der Waals surface area contributed by atoms with Gasteiger partial charge in [-0.2, -0.15) is 0 Å². The van der Waals surface area contributed by atoms with Gasteiger partial charge in [-0.15, -0.1) is 0 Å². The number of hydrogen-bond donors (Lipinski definition) is 6. The van der Waals surface area contributed by atoms with Crippen molar-refractivity contribution < 1.29 is 30.3 Å². The molecule has 0 saturated heterocycles. The summed E-state index contributed by atoms with van der Waals surface area (Å²) in [4.78, 5) is 10.8. The van der Waals surface area contributed by atoms with E-state index in [1.807, 2.05) is 6.92 Å². The number of carboxylic acid groups (broad SMARTS) is 1. The van der Waals surface area contributed by atoms with Gasteiger partial charge in [0.05, 0.1) is 0 Å². The largest absolute Gasteiger partial charge is 0.507 e. The first-order valence-corrected chi connectivity index (χ1v) is 6.65. The van der Waals surface area contributed by atoms with Gasteiger partial charge in [0.2, 0.25) is 5.75 Å². The lowest BCUT2D eigenvalue weighted by Crippen LogP contribution is -2.33. The summed E-state index contributed by atoms with van der Waals surface area (Å²) in [7, 11) is 0. The third kappa shape index (κ3) is 3.49. The lowest BCUT2D eigenvalue weighted by molar-refractivity contribution is -0.139. The molecule has 0 aliphatic rings. The summed E-state index contributed by atoms with van der Waals surface area (Å²) in [5.41, 5.74) is 5.59. The highest BCUT2D eigenvalue weighted by Gasteiger charge is 2.29. The van der Waals surface area contributed by atoms with E-state index in [4.69, 9.17) is 10.8 Å². The smallest absolute Gasteiger partial charge is 0.320 e. The van der Waals surface area contributed by atoms with Gasteiger partial charge in [-0.1, -0.05) is 20.3 Å². The molecule has 0 heterocycles. The molecule has 0 aromatic heterocycles. The molecular weight excluding hydrogens is 278 g/mol. The zero-order valence-electron chi connectivity index (χ0n) is 11.9. The number of rotatable bonds is 6. The Morgan fingerprint density at radius 1 is 1.19 bits per heavy atom. The van der Waals surface area contributed by atoms with Crippen molar-refractivity contribution in [1.82, 2.24) is 0 Å². The number of phenols is 4. The molecule has 1 aromatic carbocycles. The molecule has 21 heavy (non-hydrogen) atoms. The molecule has 0 fully saturated rings. The fourth-order valence-electron chi connectivity index (χ4n) is 2.48. The van der Waals surface area contributed by atoms with Crippen LogP contribution in [0.1, 0.15) is 38.2 Å². The van der Waals surface area contributed by atoms with Crippen molar-refractivity contribution >= 4 is 5.97 Å². The number of carboxylic acids is 1. The molecule has 0 radical (unpaired) electrons. The minimum atomic E-state index is -1.12. The summed E-state index contributed by atoms with van der Waals surface area (Å²) in [6.07, 6.45) is 0.732. The Kier molecular flexibility index (Phi) is 5.26. The van der Waals surface area contributed by atoms with E-state index in [9.17, 15) is 25.2 Å². The average molecular weight is 299 g/mol. The van der Waals surface area contributed by atoms with Crippen LogP contribution in [0.25, 0.3) is 0 Å². The number of benzene rings is 1. The maximum absolute atomic E-state index is 10.8. The molecule has 3 atom stereocenters. The van der Waals surface area contributed by atoms with E-state index in [1.54, 1.807) is 6.92 Å². The molecule has 7 nitrogen and oxygen atoms in total. The number of aromatic hydroxyl groups is 4. The first-order valence-electron chi connectivity index (χ1n) is 6.65. The standard InChI is InChI=1S/C14H21NO6/c1-3-7(4-8(15)14(20)21)6(2)11-9(16)5-10(17)12(18)13(11)19/h5-8,16-19H,3-4,15H2,1-2H3,(H,20,21). The van der Waals surface area contributed by atoms with E-state index in [1.165, 1.54) is 0 Å². The number of phenolic OH excluding ortho intramolecular Hbond substituents is 4. The normalized spacial score (nSPS) is 15.4. The topological polar surface area (TPSA) is 144 Å². The first-order chi connectivity index (χ1) is 9.70. The molecule has 7 heteroatoms. The van der Waals surface area contributed by atoms with Gasteiger partial charge in [-0.3, -0.25) is 4.79 Å². The summed E-state index contributed by atoms with van der Waals surface area (Å²) >= 11 is 0. The molecule has 118 valence electrons. The predicted octanol–water partition coefficient (Wildman–Crippen LogP) is 1.44. The minimum absolute atomic E-state index is 0.0646. The maximum Gasteiger partial charge on any atom is 0.320 e. The van der Waals surface area contributed by atoms with Gasteiger partial charge in [-0.25, -0.2) is 0 Å². The molecular formula is C14H21NO6. The van der Waals surface area contributed by atoms with Crippen molar-refractivity contribution in [3.05, 3.63) is 11.6 Å². The van der Waals surface area contributed by atoms with Crippen LogP contribution in [0.15, 0.2) is 6.07 Å². The van der Waals surface area contributed by atoms with Gasteiger partial charge in [0.1, 0.15) is 11.8 Å². The highest BCUT2D eigenvalue weighted by atomic mass is 16.4. The number of nitrogens with two attached hydrogens (primary N) is 1. The third-order valence-corrected chi connectivity index (χ3v) is 3.83. The van der Waals surface area contributed by atoms with Gasteiger partial charge in [0.15, 0.2) is 11.5 Å². The molecule has 0 aliphatic carbocycles. The Bertz CT molecular complexity index is 531. The van der Waals surface area contributed by atoms with Crippen molar-refractivity contribution in [2.24, 2.45) is 11.7 Å². The Hall–Kier alpha value is -2.15. The second-order valence-electron chi connectivity index (χ2n) is 5.16. The zero-order chi connectivity index (χ0) is 16.3. The second kappa shape index (κ2) is 6.53. The highest BCUT2D eigenvalue weighted by molar-refractivity contribution is 5.73. The first kappa shape index (κ1) is 16.9. The van der Waals surface area contributed by atoms with Gasteiger partial charge >= 0.3 is 5.97 Å². The van der Waals surface area contributed by atoms with Crippen LogP contribution < -0.4 is 5.73 Å². The van der Waals surface area contributed by atoms with E-state index in [0.29, 0.717) is 6.42 Å². The molecule has 7 N–H and O–H groups in total. The second-order valence-corrected chi connectivity index (χ2v) is 5.16. The summed E-state index contributed by atoms with van der Waals surface area (Å²) in [6, 6.07) is -0.113. The van der Waals surface area contributed by atoms with E-state index in [0.717, 1.165) is 6.07 Å². The Morgan fingerprint density at radius 2 is 1.76 bits per heavy atom. The Balaban J connectivity index is 3.14. The number of hydrogen-bond acceptors (Lipinski definition) is 6. The maximum atomic E-state index is 10.8. The van der Waals surface area contributed by atoms with Crippen LogP contribution >= 0.6 is 0 Å². The van der Waals surface area contributed by atoms with E-state index < -0.39 is 35.2 Å². The summed E-state index contributed by atoms with van der Waals surface area (Å²) in [5.74, 6) is -4.12. The average Bonchev–Trinajstić information content (AvgIpc) is 2.41. The Labute approximate surface area is 122 Å². The van der Waals surface area contributed by atoms with Crippen LogP contribution in [0, 0.1) is 5.92 Å². The Morgan fingerprint density at radius 3 is 2.24 bits per heavy atom. The fourth-order valence-corrected chi connectivity index (χ4v) is 2.48. The number of carbonyl (C=O) groups is 1. The quantitative estimate of drug-likeness (QED) is 0.344. The van der Waals surface area contributed by atoms with Crippen molar-refractivity contribution in [2.75, 3.05) is 0 Å².